The van der Waals surface area contributed by atoms with Crippen LogP contribution < -0.4 is 14.9 Å². The van der Waals surface area contributed by atoms with Gasteiger partial charge in [-0.1, -0.05) is 53.6 Å². The van der Waals surface area contributed by atoms with Gasteiger partial charge in [-0.25, -0.2) is 0 Å². The third-order valence-corrected chi connectivity index (χ3v) is 4.15. The van der Waals surface area contributed by atoms with Crippen LogP contribution in [-0.4, -0.2) is 13.3 Å². The Morgan fingerprint density at radius 1 is 1.04 bits per heavy atom. The Bertz CT molecular complexity index is 941. The molecule has 3 aromatic rings. The van der Waals surface area contributed by atoms with E-state index in [1.807, 2.05) is 48.5 Å². The maximum Gasteiger partial charge on any atom is 0.170 e. The smallest absolute Gasteiger partial charge is 0.170 e. The molecule has 138 valence electrons. The van der Waals surface area contributed by atoms with Gasteiger partial charge in [0, 0.05) is 10.6 Å². The summed E-state index contributed by atoms with van der Waals surface area (Å²) in [5.74, 6) is 1.31. The van der Waals surface area contributed by atoms with Gasteiger partial charge in [0.05, 0.1) is 19.0 Å². The van der Waals surface area contributed by atoms with Gasteiger partial charge in [0.2, 0.25) is 0 Å². The standard InChI is InChI=1S/C22H21ClN2O2/c1-16-6-3-7-17(12-16)15-27-22-18(8-4-11-21(22)26-2)14-24-25-20-10-5-9-19(23)13-20/h3-14,25H,15H2,1-2H3. The number of aryl methyl sites for hydroxylation is 1. The van der Waals surface area contributed by atoms with Crippen molar-refractivity contribution in [1.29, 1.82) is 0 Å². The molecular formula is C22H21ClN2O2. The van der Waals surface area contributed by atoms with E-state index in [0.29, 0.717) is 23.1 Å². The average molecular weight is 381 g/mol. The lowest BCUT2D eigenvalue weighted by molar-refractivity contribution is 0.284. The largest absolute Gasteiger partial charge is 0.493 e. The van der Waals surface area contributed by atoms with Gasteiger partial charge in [0.15, 0.2) is 11.5 Å². The van der Waals surface area contributed by atoms with Crippen LogP contribution in [0, 0.1) is 6.92 Å². The summed E-state index contributed by atoms with van der Waals surface area (Å²) >= 11 is 5.99. The van der Waals surface area contributed by atoms with Crippen LogP contribution in [0.5, 0.6) is 11.5 Å². The maximum atomic E-state index is 6.06. The van der Waals surface area contributed by atoms with Crippen molar-refractivity contribution in [2.24, 2.45) is 5.10 Å². The van der Waals surface area contributed by atoms with Gasteiger partial charge in [-0.2, -0.15) is 5.10 Å². The molecule has 0 saturated heterocycles. The van der Waals surface area contributed by atoms with Crippen molar-refractivity contribution < 1.29 is 9.47 Å². The number of ether oxygens (including phenoxy) is 2. The van der Waals surface area contributed by atoms with E-state index in [-0.39, 0.29) is 0 Å². The number of para-hydroxylation sites is 1. The summed E-state index contributed by atoms with van der Waals surface area (Å²) in [5, 5.41) is 4.94. The van der Waals surface area contributed by atoms with Crippen molar-refractivity contribution >= 4 is 23.5 Å². The van der Waals surface area contributed by atoms with Crippen molar-refractivity contribution in [1.82, 2.24) is 0 Å². The first kappa shape index (κ1) is 18.8. The van der Waals surface area contributed by atoms with Crippen molar-refractivity contribution in [2.45, 2.75) is 13.5 Å². The summed E-state index contributed by atoms with van der Waals surface area (Å²) in [6, 6.07) is 21.3. The number of anilines is 1. The van der Waals surface area contributed by atoms with Gasteiger partial charge in [-0.15, -0.1) is 0 Å². The van der Waals surface area contributed by atoms with Crippen LogP contribution in [-0.2, 0) is 6.61 Å². The highest BCUT2D eigenvalue weighted by atomic mass is 35.5. The number of nitrogens with zero attached hydrogens (tertiary/aromatic N) is 1. The zero-order valence-corrected chi connectivity index (χ0v) is 16.0. The predicted octanol–water partition coefficient (Wildman–Crippen LogP) is 5.68. The quantitative estimate of drug-likeness (QED) is 0.423. The zero-order valence-electron chi connectivity index (χ0n) is 15.3. The van der Waals surface area contributed by atoms with Crippen LogP contribution in [0.15, 0.2) is 71.8 Å². The Kier molecular flexibility index (Phi) is 6.34. The van der Waals surface area contributed by atoms with E-state index in [1.165, 1.54) is 5.56 Å². The highest BCUT2D eigenvalue weighted by molar-refractivity contribution is 6.30. The van der Waals surface area contributed by atoms with Crippen LogP contribution in [0.2, 0.25) is 5.02 Å². The molecule has 3 rings (SSSR count). The lowest BCUT2D eigenvalue weighted by atomic mass is 10.1. The third kappa shape index (κ3) is 5.25. The maximum absolute atomic E-state index is 6.06. The molecule has 0 aliphatic rings. The molecule has 0 radical (unpaired) electrons. The van der Waals surface area contributed by atoms with E-state index >= 15 is 0 Å². The summed E-state index contributed by atoms with van der Waals surface area (Å²) < 4.78 is 11.5. The van der Waals surface area contributed by atoms with Crippen molar-refractivity contribution in [2.75, 3.05) is 12.5 Å². The molecule has 3 aromatic carbocycles. The number of methoxy groups -OCH3 is 1. The molecule has 0 fully saturated rings. The first-order valence-electron chi connectivity index (χ1n) is 8.55. The Morgan fingerprint density at radius 3 is 2.63 bits per heavy atom. The Morgan fingerprint density at radius 2 is 1.85 bits per heavy atom. The SMILES string of the molecule is COc1cccc(C=NNc2cccc(Cl)c2)c1OCc1cccc(C)c1. The van der Waals surface area contributed by atoms with Crippen LogP contribution in [0.25, 0.3) is 0 Å². The molecule has 0 heterocycles. The zero-order chi connectivity index (χ0) is 19.1. The van der Waals surface area contributed by atoms with Gasteiger partial charge in [0.1, 0.15) is 6.61 Å². The minimum atomic E-state index is 0.449. The van der Waals surface area contributed by atoms with E-state index in [1.54, 1.807) is 19.4 Å². The Labute approximate surface area is 164 Å². The summed E-state index contributed by atoms with van der Waals surface area (Å²) in [6.07, 6.45) is 1.70. The number of halogens is 1. The molecule has 27 heavy (non-hydrogen) atoms. The first-order valence-corrected chi connectivity index (χ1v) is 8.93. The van der Waals surface area contributed by atoms with Crippen molar-refractivity contribution in [3.05, 3.63) is 88.4 Å². The minimum Gasteiger partial charge on any atom is -0.493 e. The van der Waals surface area contributed by atoms with E-state index in [0.717, 1.165) is 16.8 Å². The number of hydrogen-bond donors (Lipinski definition) is 1. The number of benzene rings is 3. The highest BCUT2D eigenvalue weighted by Crippen LogP contribution is 2.31. The van der Waals surface area contributed by atoms with Crippen LogP contribution in [0.1, 0.15) is 16.7 Å². The molecule has 0 amide bonds. The normalized spacial score (nSPS) is 10.8. The molecule has 0 aliphatic heterocycles. The molecule has 0 saturated carbocycles. The lowest BCUT2D eigenvalue weighted by Crippen LogP contribution is -2.01. The van der Waals surface area contributed by atoms with Gasteiger partial charge in [-0.3, -0.25) is 5.43 Å². The van der Waals surface area contributed by atoms with Gasteiger partial charge in [-0.05, 0) is 42.8 Å². The average Bonchev–Trinajstić information content (AvgIpc) is 2.67. The Balaban J connectivity index is 1.77. The first-order chi connectivity index (χ1) is 13.2. The van der Waals surface area contributed by atoms with Gasteiger partial charge >= 0.3 is 0 Å². The highest BCUT2D eigenvalue weighted by Gasteiger charge is 2.10. The molecule has 1 N–H and O–H groups in total. The Hall–Kier alpha value is -2.98. The van der Waals surface area contributed by atoms with Crippen LogP contribution in [0.3, 0.4) is 0 Å². The predicted molar refractivity (Wildman–Crippen MR) is 111 cm³/mol. The fourth-order valence-corrected chi connectivity index (χ4v) is 2.83. The van der Waals surface area contributed by atoms with E-state index in [4.69, 9.17) is 21.1 Å². The number of rotatable bonds is 7. The number of hydrazone groups is 1. The third-order valence-electron chi connectivity index (χ3n) is 3.92. The summed E-state index contributed by atoms with van der Waals surface area (Å²) in [6.45, 7) is 2.51. The molecule has 5 heteroatoms. The minimum absolute atomic E-state index is 0.449. The summed E-state index contributed by atoms with van der Waals surface area (Å²) in [7, 11) is 1.62. The van der Waals surface area contributed by atoms with Crippen molar-refractivity contribution in [3.63, 3.8) is 0 Å². The molecule has 0 aromatic heterocycles. The molecular weight excluding hydrogens is 360 g/mol. The van der Waals surface area contributed by atoms with E-state index < -0.39 is 0 Å². The van der Waals surface area contributed by atoms with Crippen LogP contribution in [0.4, 0.5) is 5.69 Å². The molecule has 4 nitrogen and oxygen atoms in total. The van der Waals surface area contributed by atoms with Crippen molar-refractivity contribution in [3.8, 4) is 11.5 Å². The topological polar surface area (TPSA) is 42.8 Å². The molecule has 0 atom stereocenters. The second kappa shape index (κ2) is 9.10. The molecule has 0 aliphatic carbocycles. The molecule has 0 unspecified atom stereocenters. The molecule has 0 bridgehead atoms. The van der Waals surface area contributed by atoms with E-state index in [2.05, 4.69) is 29.6 Å². The van der Waals surface area contributed by atoms with Crippen LogP contribution >= 0.6 is 11.6 Å². The van der Waals surface area contributed by atoms with Gasteiger partial charge < -0.3 is 9.47 Å². The monoisotopic (exact) mass is 380 g/mol. The summed E-state index contributed by atoms with van der Waals surface area (Å²) in [5.41, 5.74) is 6.89. The lowest BCUT2D eigenvalue weighted by Gasteiger charge is -2.13. The second-order valence-electron chi connectivity index (χ2n) is 6.04. The number of hydrogen-bond acceptors (Lipinski definition) is 4. The fourth-order valence-electron chi connectivity index (χ4n) is 2.64. The van der Waals surface area contributed by atoms with Gasteiger partial charge in [0.25, 0.3) is 0 Å². The fraction of sp³-hybridized carbons (Fsp3) is 0.136. The molecule has 0 spiro atoms. The second-order valence-corrected chi connectivity index (χ2v) is 6.47. The summed E-state index contributed by atoms with van der Waals surface area (Å²) in [4.78, 5) is 0. The van der Waals surface area contributed by atoms with E-state index in [9.17, 15) is 0 Å². The number of nitrogens with one attached hydrogen (secondary N) is 1.